The van der Waals surface area contributed by atoms with Gasteiger partial charge in [-0.2, -0.15) is 5.26 Å². The van der Waals surface area contributed by atoms with E-state index in [0.717, 1.165) is 5.56 Å². The summed E-state index contributed by atoms with van der Waals surface area (Å²) in [6.07, 6.45) is 0.628. The summed E-state index contributed by atoms with van der Waals surface area (Å²) >= 11 is 5.90. The van der Waals surface area contributed by atoms with Crippen LogP contribution in [0.15, 0.2) is 24.3 Å². The van der Waals surface area contributed by atoms with Gasteiger partial charge in [-0.1, -0.05) is 23.7 Å². The van der Waals surface area contributed by atoms with Crippen molar-refractivity contribution in [1.82, 2.24) is 9.97 Å². The van der Waals surface area contributed by atoms with E-state index >= 15 is 0 Å². The Bertz CT molecular complexity index is 677. The molecule has 0 aliphatic carbocycles. The third kappa shape index (κ3) is 3.11. The second-order valence-electron chi connectivity index (χ2n) is 4.10. The SMILES string of the molecule is Cc1nc(Cl)c(C=O)c(NCc2ccc(C#N)cc2)n1. The summed E-state index contributed by atoms with van der Waals surface area (Å²) in [5.41, 5.74) is 1.81. The number of nitrogens with one attached hydrogen (secondary N) is 1. The van der Waals surface area contributed by atoms with Gasteiger partial charge < -0.3 is 5.32 Å². The van der Waals surface area contributed by atoms with Crippen molar-refractivity contribution in [2.45, 2.75) is 13.5 Å². The normalized spacial score (nSPS) is 9.85. The molecule has 20 heavy (non-hydrogen) atoms. The lowest BCUT2D eigenvalue weighted by atomic mass is 10.1. The van der Waals surface area contributed by atoms with Crippen molar-refractivity contribution in [1.29, 1.82) is 5.26 Å². The second-order valence-corrected chi connectivity index (χ2v) is 4.46. The summed E-state index contributed by atoms with van der Waals surface area (Å²) in [5, 5.41) is 11.9. The molecule has 0 unspecified atom stereocenters. The van der Waals surface area contributed by atoms with E-state index in [1.807, 2.05) is 12.1 Å². The lowest BCUT2D eigenvalue weighted by Gasteiger charge is -2.09. The van der Waals surface area contributed by atoms with Gasteiger partial charge in [-0.3, -0.25) is 4.79 Å². The average molecular weight is 287 g/mol. The van der Waals surface area contributed by atoms with Crippen LogP contribution in [0.1, 0.15) is 27.3 Å². The Morgan fingerprint density at radius 1 is 1.35 bits per heavy atom. The molecular formula is C14H11ClN4O. The van der Waals surface area contributed by atoms with Crippen LogP contribution in [0, 0.1) is 18.3 Å². The maximum absolute atomic E-state index is 11.0. The van der Waals surface area contributed by atoms with Crippen LogP contribution < -0.4 is 5.32 Å². The first-order valence-electron chi connectivity index (χ1n) is 5.86. The third-order valence-electron chi connectivity index (χ3n) is 2.67. The average Bonchev–Trinajstić information content (AvgIpc) is 2.45. The highest BCUT2D eigenvalue weighted by molar-refractivity contribution is 6.32. The van der Waals surface area contributed by atoms with Gasteiger partial charge in [0.15, 0.2) is 6.29 Å². The van der Waals surface area contributed by atoms with Gasteiger partial charge in [0.05, 0.1) is 17.2 Å². The van der Waals surface area contributed by atoms with Crippen LogP contribution in [0.25, 0.3) is 0 Å². The largest absolute Gasteiger partial charge is 0.365 e. The van der Waals surface area contributed by atoms with Gasteiger partial charge in [-0.15, -0.1) is 0 Å². The minimum atomic E-state index is 0.134. The number of carbonyl (C=O) groups is 1. The zero-order chi connectivity index (χ0) is 14.5. The molecule has 0 aliphatic rings. The van der Waals surface area contributed by atoms with E-state index in [9.17, 15) is 4.79 Å². The third-order valence-corrected chi connectivity index (χ3v) is 2.96. The zero-order valence-electron chi connectivity index (χ0n) is 10.7. The Morgan fingerprint density at radius 3 is 2.65 bits per heavy atom. The van der Waals surface area contributed by atoms with E-state index in [2.05, 4.69) is 21.4 Å². The quantitative estimate of drug-likeness (QED) is 0.690. The Balaban J connectivity index is 2.18. The van der Waals surface area contributed by atoms with E-state index in [4.69, 9.17) is 16.9 Å². The fourth-order valence-electron chi connectivity index (χ4n) is 1.67. The number of nitriles is 1. The maximum atomic E-state index is 11.0. The monoisotopic (exact) mass is 286 g/mol. The second kappa shape index (κ2) is 6.13. The molecule has 0 bridgehead atoms. The van der Waals surface area contributed by atoms with Gasteiger partial charge in [0, 0.05) is 6.54 Å². The maximum Gasteiger partial charge on any atom is 0.156 e. The van der Waals surface area contributed by atoms with Crippen LogP contribution in [-0.2, 0) is 6.54 Å². The fourth-order valence-corrected chi connectivity index (χ4v) is 1.93. The predicted octanol–water partition coefficient (Wildman–Crippen LogP) is 2.73. The van der Waals surface area contributed by atoms with Gasteiger partial charge in [-0.25, -0.2) is 9.97 Å². The topological polar surface area (TPSA) is 78.7 Å². The molecule has 6 heteroatoms. The summed E-state index contributed by atoms with van der Waals surface area (Å²) in [6.45, 7) is 2.17. The minimum absolute atomic E-state index is 0.134. The number of halogens is 1. The van der Waals surface area contributed by atoms with Crippen molar-refractivity contribution >= 4 is 23.7 Å². The van der Waals surface area contributed by atoms with E-state index < -0.39 is 0 Å². The zero-order valence-corrected chi connectivity index (χ0v) is 11.5. The van der Waals surface area contributed by atoms with Crippen molar-refractivity contribution in [3.8, 4) is 6.07 Å². The number of nitrogens with zero attached hydrogens (tertiary/aromatic N) is 3. The number of hydrogen-bond acceptors (Lipinski definition) is 5. The first kappa shape index (κ1) is 14.0. The van der Waals surface area contributed by atoms with Crippen LogP contribution in [0.4, 0.5) is 5.82 Å². The van der Waals surface area contributed by atoms with Crippen molar-refractivity contribution in [2.75, 3.05) is 5.32 Å². The van der Waals surface area contributed by atoms with Crippen LogP contribution >= 0.6 is 11.6 Å². The molecule has 0 saturated heterocycles. The highest BCUT2D eigenvalue weighted by Gasteiger charge is 2.10. The molecule has 0 radical (unpaired) electrons. The highest BCUT2D eigenvalue weighted by Crippen LogP contribution is 2.19. The lowest BCUT2D eigenvalue weighted by Crippen LogP contribution is -2.07. The van der Waals surface area contributed by atoms with E-state index in [0.29, 0.717) is 30.0 Å². The van der Waals surface area contributed by atoms with Crippen molar-refractivity contribution in [3.63, 3.8) is 0 Å². The molecule has 0 spiro atoms. The van der Waals surface area contributed by atoms with E-state index in [1.165, 1.54) is 0 Å². The summed E-state index contributed by atoms with van der Waals surface area (Å²) in [4.78, 5) is 19.1. The Kier molecular flexibility index (Phi) is 4.28. The smallest absolute Gasteiger partial charge is 0.156 e. The Hall–Kier alpha value is -2.45. The van der Waals surface area contributed by atoms with Crippen molar-refractivity contribution < 1.29 is 4.79 Å². The Morgan fingerprint density at radius 2 is 2.05 bits per heavy atom. The molecule has 0 atom stereocenters. The molecule has 1 N–H and O–H groups in total. The molecule has 100 valence electrons. The van der Waals surface area contributed by atoms with Gasteiger partial charge in [0.25, 0.3) is 0 Å². The van der Waals surface area contributed by atoms with E-state index in [-0.39, 0.29) is 10.7 Å². The summed E-state index contributed by atoms with van der Waals surface area (Å²) in [5.74, 6) is 0.893. The molecule has 2 aromatic rings. The molecular weight excluding hydrogens is 276 g/mol. The summed E-state index contributed by atoms with van der Waals surface area (Å²) in [7, 11) is 0. The van der Waals surface area contributed by atoms with Gasteiger partial charge in [0.2, 0.25) is 0 Å². The fraction of sp³-hybridized carbons (Fsp3) is 0.143. The van der Waals surface area contributed by atoms with Crippen molar-refractivity contribution in [3.05, 3.63) is 51.9 Å². The standard InChI is InChI=1S/C14H11ClN4O/c1-9-18-13(15)12(8-20)14(19-9)17-7-11-4-2-10(6-16)3-5-11/h2-5,8H,7H2,1H3,(H,17,18,19). The molecule has 2 rings (SSSR count). The molecule has 1 aromatic carbocycles. The lowest BCUT2D eigenvalue weighted by molar-refractivity contribution is 0.112. The van der Waals surface area contributed by atoms with Gasteiger partial charge in [-0.05, 0) is 24.6 Å². The molecule has 0 amide bonds. The number of carbonyl (C=O) groups excluding carboxylic acids is 1. The van der Waals surface area contributed by atoms with Crippen molar-refractivity contribution in [2.24, 2.45) is 0 Å². The predicted molar refractivity (Wildman–Crippen MR) is 75.7 cm³/mol. The number of aldehydes is 1. The number of aromatic nitrogens is 2. The summed E-state index contributed by atoms with van der Waals surface area (Å²) < 4.78 is 0. The number of aryl methyl sites for hydroxylation is 1. The van der Waals surface area contributed by atoms with E-state index in [1.54, 1.807) is 19.1 Å². The highest BCUT2D eigenvalue weighted by atomic mass is 35.5. The molecule has 0 fully saturated rings. The molecule has 0 aliphatic heterocycles. The first-order valence-corrected chi connectivity index (χ1v) is 6.24. The Labute approximate surface area is 121 Å². The minimum Gasteiger partial charge on any atom is -0.365 e. The van der Waals surface area contributed by atoms with Crippen LogP contribution in [0.3, 0.4) is 0 Å². The number of benzene rings is 1. The molecule has 0 saturated carbocycles. The molecule has 1 aromatic heterocycles. The van der Waals surface area contributed by atoms with Crippen LogP contribution in [0.2, 0.25) is 5.15 Å². The first-order chi connectivity index (χ1) is 9.63. The molecule has 1 heterocycles. The number of rotatable bonds is 4. The van der Waals surface area contributed by atoms with Crippen LogP contribution in [0.5, 0.6) is 0 Å². The summed E-state index contributed by atoms with van der Waals surface area (Å²) in [6, 6.07) is 9.19. The van der Waals surface area contributed by atoms with Gasteiger partial charge in [0.1, 0.15) is 16.8 Å². The van der Waals surface area contributed by atoms with Gasteiger partial charge >= 0.3 is 0 Å². The van der Waals surface area contributed by atoms with Crippen LogP contribution in [-0.4, -0.2) is 16.3 Å². The molecule has 5 nitrogen and oxygen atoms in total. The number of anilines is 1. The number of hydrogen-bond donors (Lipinski definition) is 1.